The Kier molecular flexibility index (Phi) is 1.02. The van der Waals surface area contributed by atoms with Gasteiger partial charge in [-0.25, -0.2) is 4.98 Å². The van der Waals surface area contributed by atoms with E-state index in [1.165, 1.54) is 0 Å². The number of hydrogen-bond donors (Lipinski definition) is 1. The van der Waals surface area contributed by atoms with Gasteiger partial charge in [-0.15, -0.1) is 0 Å². The fraction of sp³-hybridized carbons (Fsp3) is 0.333. The van der Waals surface area contributed by atoms with Crippen LogP contribution in [0.3, 0.4) is 0 Å². The largest absolute Gasteiger partial charge is 0.332 e. The van der Waals surface area contributed by atoms with Gasteiger partial charge in [0.1, 0.15) is 6.54 Å². The first-order valence-electron chi connectivity index (χ1n) is 2.96. The molecular formula is C6H7N3. The van der Waals surface area contributed by atoms with Crippen LogP contribution < -0.4 is 5.32 Å². The fourth-order valence-corrected chi connectivity index (χ4v) is 0.932. The lowest BCUT2D eigenvalue weighted by Gasteiger charge is -2.12. The van der Waals surface area contributed by atoms with Crippen molar-refractivity contribution in [1.82, 2.24) is 14.9 Å². The van der Waals surface area contributed by atoms with Gasteiger partial charge in [0.05, 0.1) is 18.2 Å². The minimum absolute atomic E-state index is 0.962. The van der Waals surface area contributed by atoms with Crippen molar-refractivity contribution in [2.45, 2.75) is 6.54 Å². The highest BCUT2D eigenvalue weighted by Crippen LogP contribution is 2.03. The van der Waals surface area contributed by atoms with Crippen LogP contribution in [0.1, 0.15) is 5.69 Å². The van der Waals surface area contributed by atoms with E-state index in [0.717, 1.165) is 18.8 Å². The van der Waals surface area contributed by atoms with Crippen molar-refractivity contribution >= 4 is 0 Å². The Morgan fingerprint density at radius 3 is 3.67 bits per heavy atom. The molecule has 2 heterocycles. The van der Waals surface area contributed by atoms with E-state index in [-0.39, 0.29) is 0 Å². The third kappa shape index (κ3) is 0.733. The first kappa shape index (κ1) is 4.99. The van der Waals surface area contributed by atoms with E-state index in [1.807, 2.05) is 6.33 Å². The van der Waals surface area contributed by atoms with Crippen molar-refractivity contribution in [3.8, 4) is 0 Å². The Labute approximate surface area is 53.7 Å². The van der Waals surface area contributed by atoms with Crippen molar-refractivity contribution in [2.24, 2.45) is 0 Å². The minimum atomic E-state index is 0.962. The molecule has 0 amide bonds. The number of imidazole rings is 1. The third-order valence-electron chi connectivity index (χ3n) is 1.41. The molecule has 0 saturated carbocycles. The number of fused-ring (bicyclic) bond motifs is 1. The number of hydrogen-bond acceptors (Lipinski definition) is 2. The van der Waals surface area contributed by atoms with E-state index in [1.54, 1.807) is 6.20 Å². The van der Waals surface area contributed by atoms with E-state index in [2.05, 4.69) is 21.4 Å². The van der Waals surface area contributed by atoms with Crippen molar-refractivity contribution < 1.29 is 0 Å². The van der Waals surface area contributed by atoms with Gasteiger partial charge in [-0.05, 0) is 0 Å². The monoisotopic (exact) mass is 121 g/mol. The van der Waals surface area contributed by atoms with Gasteiger partial charge < -0.3 is 9.88 Å². The molecule has 1 aliphatic heterocycles. The number of nitrogens with one attached hydrogen (secondary N) is 1. The Morgan fingerprint density at radius 2 is 2.78 bits per heavy atom. The van der Waals surface area contributed by atoms with Crippen LogP contribution in [0.5, 0.6) is 0 Å². The van der Waals surface area contributed by atoms with Gasteiger partial charge in [0, 0.05) is 13.1 Å². The lowest BCUT2D eigenvalue weighted by atomic mass is 10.4. The Bertz CT molecular complexity index is 183. The second-order valence-electron chi connectivity index (χ2n) is 2.02. The average Bonchev–Trinajstić information content (AvgIpc) is 2.33. The maximum absolute atomic E-state index is 3.96. The van der Waals surface area contributed by atoms with E-state index >= 15 is 0 Å². The van der Waals surface area contributed by atoms with E-state index in [4.69, 9.17) is 0 Å². The molecule has 1 aromatic rings. The molecule has 3 heteroatoms. The fourth-order valence-electron chi connectivity index (χ4n) is 0.932. The summed E-state index contributed by atoms with van der Waals surface area (Å²) in [6.07, 6.45) is 3.62. The molecule has 3 nitrogen and oxygen atoms in total. The second kappa shape index (κ2) is 1.84. The van der Waals surface area contributed by atoms with Crippen LogP contribution in [0.15, 0.2) is 12.5 Å². The SMILES string of the molecule is [C]1NCCn2cncc21. The number of rotatable bonds is 0. The molecule has 2 radical (unpaired) electrons. The van der Waals surface area contributed by atoms with E-state index < -0.39 is 0 Å². The summed E-state index contributed by atoms with van der Waals surface area (Å²) in [5.41, 5.74) is 1.04. The molecule has 0 bridgehead atoms. The van der Waals surface area contributed by atoms with E-state index in [9.17, 15) is 0 Å². The zero-order valence-corrected chi connectivity index (χ0v) is 4.96. The Morgan fingerprint density at radius 1 is 1.78 bits per heavy atom. The van der Waals surface area contributed by atoms with Gasteiger partial charge in [0.15, 0.2) is 0 Å². The van der Waals surface area contributed by atoms with Gasteiger partial charge in [0.2, 0.25) is 0 Å². The zero-order chi connectivity index (χ0) is 6.10. The second-order valence-corrected chi connectivity index (χ2v) is 2.02. The first-order chi connectivity index (χ1) is 4.47. The number of aromatic nitrogens is 2. The van der Waals surface area contributed by atoms with Gasteiger partial charge >= 0.3 is 0 Å². The Hall–Kier alpha value is -0.830. The van der Waals surface area contributed by atoms with E-state index in [0.29, 0.717) is 0 Å². The molecule has 9 heavy (non-hydrogen) atoms. The highest BCUT2D eigenvalue weighted by atomic mass is 15.1. The molecule has 0 spiro atoms. The maximum Gasteiger partial charge on any atom is 0.113 e. The summed E-state index contributed by atoms with van der Waals surface area (Å²) in [5.74, 6) is 0. The zero-order valence-electron chi connectivity index (χ0n) is 4.96. The molecule has 1 N–H and O–H groups in total. The van der Waals surface area contributed by atoms with Gasteiger partial charge in [-0.2, -0.15) is 0 Å². The summed E-state index contributed by atoms with van der Waals surface area (Å²) in [6, 6.07) is 0. The summed E-state index contributed by atoms with van der Waals surface area (Å²) in [6.45, 7) is 4.96. The molecule has 0 unspecified atom stereocenters. The van der Waals surface area contributed by atoms with Gasteiger partial charge in [-0.1, -0.05) is 0 Å². The highest BCUT2D eigenvalue weighted by Gasteiger charge is 2.06. The molecule has 1 aromatic heterocycles. The van der Waals surface area contributed by atoms with Crippen molar-refractivity contribution in [3.05, 3.63) is 24.8 Å². The molecule has 2 rings (SSSR count). The van der Waals surface area contributed by atoms with Crippen molar-refractivity contribution in [1.29, 1.82) is 0 Å². The topological polar surface area (TPSA) is 29.9 Å². The van der Waals surface area contributed by atoms with Crippen LogP contribution in [-0.2, 0) is 6.54 Å². The standard InChI is InChI=1S/C6H7N3/c1-2-9-5-8-4-6(9)3-7-1/h4-5,7H,1-2H2. The van der Waals surface area contributed by atoms with Gasteiger partial charge in [0.25, 0.3) is 0 Å². The van der Waals surface area contributed by atoms with Crippen LogP contribution in [0.2, 0.25) is 0 Å². The molecule has 0 aromatic carbocycles. The van der Waals surface area contributed by atoms with Crippen LogP contribution in [0, 0.1) is 6.54 Å². The number of nitrogens with zero attached hydrogens (tertiary/aromatic N) is 2. The summed E-state index contributed by atoms with van der Waals surface area (Å²) >= 11 is 0. The lowest BCUT2D eigenvalue weighted by Crippen LogP contribution is -2.25. The molecule has 0 atom stereocenters. The molecule has 0 aliphatic carbocycles. The Balaban J connectivity index is 2.39. The quantitative estimate of drug-likeness (QED) is 0.518. The predicted octanol–water partition coefficient (Wildman–Crippen LogP) is -0.127. The van der Waals surface area contributed by atoms with Crippen molar-refractivity contribution in [2.75, 3.05) is 6.54 Å². The van der Waals surface area contributed by atoms with Crippen LogP contribution in [0.4, 0.5) is 0 Å². The molecular weight excluding hydrogens is 114 g/mol. The summed E-state index contributed by atoms with van der Waals surface area (Å²) in [5, 5.41) is 3.02. The first-order valence-corrected chi connectivity index (χ1v) is 2.96. The molecule has 1 aliphatic rings. The van der Waals surface area contributed by atoms with Gasteiger partial charge in [-0.3, -0.25) is 0 Å². The van der Waals surface area contributed by atoms with Crippen molar-refractivity contribution in [3.63, 3.8) is 0 Å². The van der Waals surface area contributed by atoms with Crippen LogP contribution in [-0.4, -0.2) is 16.1 Å². The predicted molar refractivity (Wildman–Crippen MR) is 32.6 cm³/mol. The summed E-state index contributed by atoms with van der Waals surface area (Å²) in [7, 11) is 0. The lowest BCUT2D eigenvalue weighted by molar-refractivity contribution is 0.586. The molecule has 0 fully saturated rings. The minimum Gasteiger partial charge on any atom is -0.332 e. The van der Waals surface area contributed by atoms with Crippen LogP contribution >= 0.6 is 0 Å². The average molecular weight is 121 g/mol. The summed E-state index contributed by atoms with van der Waals surface area (Å²) in [4.78, 5) is 3.96. The maximum atomic E-state index is 3.96. The van der Waals surface area contributed by atoms with Crippen LogP contribution in [0.25, 0.3) is 0 Å². The highest BCUT2D eigenvalue weighted by molar-refractivity contribution is 5.10. The normalized spacial score (nSPS) is 17.3. The third-order valence-corrected chi connectivity index (χ3v) is 1.41. The molecule has 46 valence electrons. The summed E-state index contributed by atoms with van der Waals surface area (Å²) < 4.78 is 2.07. The smallest absolute Gasteiger partial charge is 0.113 e. The molecule has 0 saturated heterocycles.